The first-order valence-electron chi connectivity index (χ1n) is 5.25. The molecular formula is C12H18O2. The smallest absolute Gasteiger partial charge is 0.330 e. The van der Waals surface area contributed by atoms with Crippen LogP contribution in [-0.4, -0.2) is 12.6 Å². The van der Waals surface area contributed by atoms with Crippen molar-refractivity contribution in [2.24, 2.45) is 5.92 Å². The van der Waals surface area contributed by atoms with E-state index in [9.17, 15) is 4.79 Å². The highest BCUT2D eigenvalue weighted by Gasteiger charge is 2.07. The van der Waals surface area contributed by atoms with E-state index in [0.29, 0.717) is 12.5 Å². The summed E-state index contributed by atoms with van der Waals surface area (Å²) < 4.78 is 4.87. The summed E-state index contributed by atoms with van der Waals surface area (Å²) in [6.07, 6.45) is 9.03. The lowest BCUT2D eigenvalue weighted by atomic mass is 10.0. The average molecular weight is 194 g/mol. The Balaban J connectivity index is 2.52. The second-order valence-corrected chi connectivity index (χ2v) is 3.70. The number of rotatable bonds is 2. The minimum Gasteiger partial charge on any atom is -0.463 e. The Hall–Kier alpha value is -1.05. The Kier molecular flexibility index (Phi) is 4.44. The molecule has 0 aromatic carbocycles. The number of hydrogen-bond acceptors (Lipinski definition) is 2. The second kappa shape index (κ2) is 5.63. The molecule has 0 spiro atoms. The van der Waals surface area contributed by atoms with Gasteiger partial charge in [0.1, 0.15) is 0 Å². The summed E-state index contributed by atoms with van der Waals surface area (Å²) in [5.74, 6) is 0.425. The molecule has 2 heteroatoms. The quantitative estimate of drug-likeness (QED) is 0.384. The van der Waals surface area contributed by atoms with Gasteiger partial charge >= 0.3 is 5.97 Å². The zero-order chi connectivity index (χ0) is 10.4. The molecule has 0 fully saturated rings. The van der Waals surface area contributed by atoms with Crippen molar-refractivity contribution in [1.29, 1.82) is 0 Å². The van der Waals surface area contributed by atoms with E-state index < -0.39 is 0 Å². The predicted molar refractivity (Wildman–Crippen MR) is 56.9 cm³/mol. The zero-order valence-electron chi connectivity index (χ0n) is 8.95. The van der Waals surface area contributed by atoms with Crippen LogP contribution in [0, 0.1) is 5.92 Å². The summed E-state index contributed by atoms with van der Waals surface area (Å²) >= 11 is 0. The lowest BCUT2D eigenvalue weighted by Gasteiger charge is -2.04. The number of esters is 1. The molecule has 1 atom stereocenters. The van der Waals surface area contributed by atoms with Crippen LogP contribution in [0.4, 0.5) is 0 Å². The summed E-state index contributed by atoms with van der Waals surface area (Å²) in [5, 5.41) is 0. The molecule has 0 aliphatic heterocycles. The first-order valence-corrected chi connectivity index (χ1v) is 5.25. The van der Waals surface area contributed by atoms with Crippen LogP contribution in [0.1, 0.15) is 33.1 Å². The van der Waals surface area contributed by atoms with Crippen LogP contribution in [0.5, 0.6) is 0 Å². The number of ether oxygens (including phenoxy) is 1. The third-order valence-electron chi connectivity index (χ3n) is 2.37. The molecule has 0 heterocycles. The molecule has 0 radical (unpaired) electrons. The first kappa shape index (κ1) is 11.0. The first-order chi connectivity index (χ1) is 6.72. The van der Waals surface area contributed by atoms with Crippen molar-refractivity contribution in [2.75, 3.05) is 6.61 Å². The van der Waals surface area contributed by atoms with E-state index in [2.05, 4.69) is 19.1 Å². The lowest BCUT2D eigenvalue weighted by Crippen LogP contribution is -2.01. The van der Waals surface area contributed by atoms with E-state index in [1.165, 1.54) is 5.57 Å². The van der Waals surface area contributed by atoms with Gasteiger partial charge in [-0.3, -0.25) is 0 Å². The van der Waals surface area contributed by atoms with Crippen LogP contribution in [0.2, 0.25) is 0 Å². The molecule has 14 heavy (non-hydrogen) atoms. The van der Waals surface area contributed by atoms with Crippen molar-refractivity contribution >= 4 is 5.97 Å². The van der Waals surface area contributed by atoms with E-state index in [0.717, 1.165) is 19.3 Å². The average Bonchev–Trinajstić information content (AvgIpc) is 2.32. The van der Waals surface area contributed by atoms with Crippen molar-refractivity contribution in [2.45, 2.75) is 33.1 Å². The minimum atomic E-state index is -0.203. The fraction of sp³-hybridized carbons (Fsp3) is 0.583. The monoisotopic (exact) mass is 194 g/mol. The Morgan fingerprint density at radius 2 is 2.50 bits per heavy atom. The molecule has 1 unspecified atom stereocenters. The zero-order valence-corrected chi connectivity index (χ0v) is 8.95. The van der Waals surface area contributed by atoms with Gasteiger partial charge in [0.25, 0.3) is 0 Å². The van der Waals surface area contributed by atoms with Crippen molar-refractivity contribution in [3.63, 3.8) is 0 Å². The Morgan fingerprint density at radius 3 is 3.21 bits per heavy atom. The molecular weight excluding hydrogens is 176 g/mol. The molecule has 0 amide bonds. The normalized spacial score (nSPS) is 24.7. The molecule has 0 aromatic rings. The molecule has 0 aromatic heterocycles. The van der Waals surface area contributed by atoms with Gasteiger partial charge in [0.05, 0.1) is 6.61 Å². The maximum atomic E-state index is 11.2. The topological polar surface area (TPSA) is 26.3 Å². The van der Waals surface area contributed by atoms with E-state index in [-0.39, 0.29) is 5.97 Å². The summed E-state index contributed by atoms with van der Waals surface area (Å²) in [4.78, 5) is 11.2. The van der Waals surface area contributed by atoms with Gasteiger partial charge < -0.3 is 4.74 Å². The van der Waals surface area contributed by atoms with Crippen molar-refractivity contribution in [3.05, 3.63) is 23.8 Å². The fourth-order valence-electron chi connectivity index (χ4n) is 1.54. The highest BCUT2D eigenvalue weighted by Crippen LogP contribution is 2.20. The van der Waals surface area contributed by atoms with Crippen LogP contribution in [0.3, 0.4) is 0 Å². The minimum absolute atomic E-state index is 0.203. The van der Waals surface area contributed by atoms with Gasteiger partial charge in [-0.1, -0.05) is 24.6 Å². The van der Waals surface area contributed by atoms with Gasteiger partial charge in [-0.15, -0.1) is 0 Å². The van der Waals surface area contributed by atoms with Gasteiger partial charge in [0.15, 0.2) is 0 Å². The second-order valence-electron chi connectivity index (χ2n) is 3.70. The third-order valence-corrected chi connectivity index (χ3v) is 2.37. The van der Waals surface area contributed by atoms with E-state index >= 15 is 0 Å². The van der Waals surface area contributed by atoms with Crippen LogP contribution >= 0.6 is 0 Å². The molecule has 2 nitrogen and oxygen atoms in total. The molecule has 0 N–H and O–H groups in total. The molecule has 0 bridgehead atoms. The molecule has 78 valence electrons. The number of hydrogen-bond donors (Lipinski definition) is 0. The van der Waals surface area contributed by atoms with E-state index in [4.69, 9.17) is 4.74 Å². The van der Waals surface area contributed by atoms with E-state index in [1.807, 2.05) is 6.92 Å². The number of carbonyl (C=O) groups is 1. The summed E-state index contributed by atoms with van der Waals surface area (Å²) in [5.41, 5.74) is 1.18. The standard InChI is InChI=1S/C12H18O2/c1-3-14-12(13)9-11-6-4-5-10(2)7-8-11/h4-5,9-10H,3,6-8H2,1-2H3/b11-9+. The fourth-order valence-corrected chi connectivity index (χ4v) is 1.54. The molecule has 1 rings (SSSR count). The summed E-state index contributed by atoms with van der Waals surface area (Å²) in [6, 6.07) is 0. The van der Waals surface area contributed by atoms with Crippen molar-refractivity contribution < 1.29 is 9.53 Å². The number of carbonyl (C=O) groups excluding carboxylic acids is 1. The van der Waals surface area contributed by atoms with Crippen molar-refractivity contribution in [1.82, 2.24) is 0 Å². The van der Waals surface area contributed by atoms with Gasteiger partial charge in [0.2, 0.25) is 0 Å². The predicted octanol–water partition coefficient (Wildman–Crippen LogP) is 2.85. The maximum Gasteiger partial charge on any atom is 0.330 e. The van der Waals surface area contributed by atoms with Gasteiger partial charge in [-0.2, -0.15) is 0 Å². The highest BCUT2D eigenvalue weighted by atomic mass is 16.5. The summed E-state index contributed by atoms with van der Waals surface area (Å²) in [7, 11) is 0. The van der Waals surface area contributed by atoms with Gasteiger partial charge in [-0.25, -0.2) is 4.79 Å². The third kappa shape index (κ3) is 3.77. The van der Waals surface area contributed by atoms with Gasteiger partial charge in [-0.05, 0) is 32.1 Å². The molecule has 1 aliphatic rings. The van der Waals surface area contributed by atoms with E-state index in [1.54, 1.807) is 6.08 Å². The number of allylic oxidation sites excluding steroid dienone is 3. The van der Waals surface area contributed by atoms with Crippen molar-refractivity contribution in [3.8, 4) is 0 Å². The van der Waals surface area contributed by atoms with Crippen LogP contribution in [0.15, 0.2) is 23.8 Å². The largest absolute Gasteiger partial charge is 0.463 e. The van der Waals surface area contributed by atoms with Crippen LogP contribution in [0.25, 0.3) is 0 Å². The summed E-state index contributed by atoms with van der Waals surface area (Å²) in [6.45, 7) is 4.48. The molecule has 0 saturated carbocycles. The maximum absolute atomic E-state index is 11.2. The molecule has 0 saturated heterocycles. The lowest BCUT2D eigenvalue weighted by molar-refractivity contribution is -0.137. The SMILES string of the molecule is CCOC(=O)/C=C1\CC=CC(C)CC1. The Morgan fingerprint density at radius 1 is 1.71 bits per heavy atom. The highest BCUT2D eigenvalue weighted by molar-refractivity contribution is 5.82. The Bertz CT molecular complexity index is 251. The van der Waals surface area contributed by atoms with Gasteiger partial charge in [0, 0.05) is 6.08 Å². The van der Waals surface area contributed by atoms with Crippen LogP contribution < -0.4 is 0 Å². The van der Waals surface area contributed by atoms with Crippen LogP contribution in [-0.2, 0) is 9.53 Å². The molecule has 1 aliphatic carbocycles. The Labute approximate surface area is 85.6 Å².